The monoisotopic (exact) mass is 246 g/mol. The minimum Gasteiger partial charge on any atom is -0.497 e. The normalized spacial score (nSPS) is 29.5. The summed E-state index contributed by atoms with van der Waals surface area (Å²) in [6, 6.07) is 6.17. The Bertz CT molecular complexity index is 501. The van der Waals surface area contributed by atoms with E-state index in [2.05, 4.69) is 17.4 Å². The number of benzene rings is 1. The standard InChI is InChI=1S/C14H18N2O2/c1-18-10-3-2-9-4-5-14(11(9)6-10)8-16-7-12(14)13(15)17/h2-3,6,12,16H,4-5,7-8H2,1H3,(H2,15,17). The molecule has 1 amide bonds. The second kappa shape index (κ2) is 3.99. The van der Waals surface area contributed by atoms with Gasteiger partial charge in [-0.05, 0) is 36.1 Å². The number of hydrogen-bond donors (Lipinski definition) is 2. The van der Waals surface area contributed by atoms with Gasteiger partial charge in [-0.25, -0.2) is 0 Å². The summed E-state index contributed by atoms with van der Waals surface area (Å²) in [7, 11) is 1.67. The maximum atomic E-state index is 11.7. The van der Waals surface area contributed by atoms with Crippen molar-refractivity contribution in [1.82, 2.24) is 5.32 Å². The third-order valence-electron chi connectivity index (χ3n) is 4.49. The lowest BCUT2D eigenvalue weighted by Crippen LogP contribution is -2.40. The van der Waals surface area contributed by atoms with Gasteiger partial charge in [0.2, 0.25) is 5.91 Å². The molecule has 1 aromatic carbocycles. The van der Waals surface area contributed by atoms with Crippen LogP contribution in [0.2, 0.25) is 0 Å². The predicted molar refractivity (Wildman–Crippen MR) is 68.5 cm³/mol. The molecule has 1 fully saturated rings. The number of carbonyl (C=O) groups excluding carboxylic acids is 1. The number of fused-ring (bicyclic) bond motifs is 2. The Labute approximate surface area is 107 Å². The summed E-state index contributed by atoms with van der Waals surface area (Å²) in [5.74, 6) is 0.548. The lowest BCUT2D eigenvalue weighted by atomic mass is 9.73. The molecule has 1 spiro atoms. The zero-order valence-electron chi connectivity index (χ0n) is 10.5. The van der Waals surface area contributed by atoms with Crippen LogP contribution in [0.3, 0.4) is 0 Å². The first-order chi connectivity index (χ1) is 8.67. The molecular weight excluding hydrogens is 228 g/mol. The largest absolute Gasteiger partial charge is 0.497 e. The average Bonchev–Trinajstić information content (AvgIpc) is 2.96. The van der Waals surface area contributed by atoms with Crippen molar-refractivity contribution in [3.63, 3.8) is 0 Å². The Morgan fingerprint density at radius 1 is 1.56 bits per heavy atom. The van der Waals surface area contributed by atoms with Crippen LogP contribution in [0.15, 0.2) is 18.2 Å². The molecule has 0 bridgehead atoms. The first kappa shape index (κ1) is 11.5. The van der Waals surface area contributed by atoms with Crippen LogP contribution in [-0.2, 0) is 16.6 Å². The Hall–Kier alpha value is -1.55. The van der Waals surface area contributed by atoms with E-state index in [1.165, 1.54) is 11.1 Å². The zero-order valence-corrected chi connectivity index (χ0v) is 10.5. The van der Waals surface area contributed by atoms with Gasteiger partial charge in [0.25, 0.3) is 0 Å². The van der Waals surface area contributed by atoms with E-state index in [1.54, 1.807) is 7.11 Å². The van der Waals surface area contributed by atoms with Crippen LogP contribution < -0.4 is 15.8 Å². The van der Waals surface area contributed by atoms with E-state index in [9.17, 15) is 4.79 Å². The third kappa shape index (κ3) is 1.45. The van der Waals surface area contributed by atoms with Crippen LogP contribution >= 0.6 is 0 Å². The zero-order chi connectivity index (χ0) is 12.8. The van der Waals surface area contributed by atoms with Crippen molar-refractivity contribution in [2.45, 2.75) is 18.3 Å². The molecule has 0 saturated carbocycles. The number of amides is 1. The van der Waals surface area contributed by atoms with E-state index in [0.717, 1.165) is 25.1 Å². The van der Waals surface area contributed by atoms with E-state index in [4.69, 9.17) is 10.5 Å². The highest BCUT2D eigenvalue weighted by Crippen LogP contribution is 2.47. The van der Waals surface area contributed by atoms with E-state index in [-0.39, 0.29) is 17.2 Å². The quantitative estimate of drug-likeness (QED) is 0.802. The molecule has 0 radical (unpaired) electrons. The molecule has 3 rings (SSSR count). The first-order valence-electron chi connectivity index (χ1n) is 6.35. The van der Waals surface area contributed by atoms with Crippen molar-refractivity contribution < 1.29 is 9.53 Å². The van der Waals surface area contributed by atoms with Gasteiger partial charge in [0.15, 0.2) is 0 Å². The average molecular weight is 246 g/mol. The molecule has 96 valence electrons. The lowest BCUT2D eigenvalue weighted by Gasteiger charge is -2.29. The molecule has 4 nitrogen and oxygen atoms in total. The summed E-state index contributed by atoms with van der Waals surface area (Å²) in [6.45, 7) is 1.52. The van der Waals surface area contributed by atoms with Gasteiger partial charge in [-0.15, -0.1) is 0 Å². The number of aryl methyl sites for hydroxylation is 1. The van der Waals surface area contributed by atoms with Crippen molar-refractivity contribution in [1.29, 1.82) is 0 Å². The SMILES string of the molecule is COc1ccc2c(c1)C1(CC2)CNCC1C(N)=O. The minimum absolute atomic E-state index is 0.106. The second-order valence-corrected chi connectivity index (χ2v) is 5.27. The van der Waals surface area contributed by atoms with Crippen LogP contribution in [0.5, 0.6) is 5.75 Å². The van der Waals surface area contributed by atoms with Gasteiger partial charge in [0, 0.05) is 18.5 Å². The van der Waals surface area contributed by atoms with Crippen molar-refractivity contribution in [3.8, 4) is 5.75 Å². The van der Waals surface area contributed by atoms with Gasteiger partial charge < -0.3 is 15.8 Å². The Balaban J connectivity index is 2.09. The highest BCUT2D eigenvalue weighted by atomic mass is 16.5. The number of nitrogens with one attached hydrogen (secondary N) is 1. The Kier molecular flexibility index (Phi) is 2.55. The first-order valence-corrected chi connectivity index (χ1v) is 6.35. The Morgan fingerprint density at radius 3 is 3.11 bits per heavy atom. The van der Waals surface area contributed by atoms with Crippen LogP contribution in [-0.4, -0.2) is 26.1 Å². The van der Waals surface area contributed by atoms with Gasteiger partial charge in [0.05, 0.1) is 13.0 Å². The summed E-state index contributed by atoms with van der Waals surface area (Å²) in [4.78, 5) is 11.7. The summed E-state index contributed by atoms with van der Waals surface area (Å²) in [6.07, 6.45) is 2.01. The molecule has 2 unspecified atom stereocenters. The third-order valence-corrected chi connectivity index (χ3v) is 4.49. The molecule has 2 aliphatic rings. The minimum atomic E-state index is -0.198. The van der Waals surface area contributed by atoms with Crippen molar-refractivity contribution in [2.24, 2.45) is 11.7 Å². The Morgan fingerprint density at radius 2 is 2.39 bits per heavy atom. The summed E-state index contributed by atoms with van der Waals surface area (Å²) >= 11 is 0. The van der Waals surface area contributed by atoms with Gasteiger partial charge in [-0.2, -0.15) is 0 Å². The topological polar surface area (TPSA) is 64.3 Å². The number of methoxy groups -OCH3 is 1. The van der Waals surface area contributed by atoms with Crippen LogP contribution in [0.4, 0.5) is 0 Å². The van der Waals surface area contributed by atoms with Crippen molar-refractivity contribution in [3.05, 3.63) is 29.3 Å². The van der Waals surface area contributed by atoms with Gasteiger partial charge in [0.1, 0.15) is 5.75 Å². The second-order valence-electron chi connectivity index (χ2n) is 5.27. The lowest BCUT2D eigenvalue weighted by molar-refractivity contribution is -0.122. The van der Waals surface area contributed by atoms with Crippen LogP contribution in [0.25, 0.3) is 0 Å². The highest BCUT2D eigenvalue weighted by molar-refractivity contribution is 5.80. The number of primary amides is 1. The van der Waals surface area contributed by atoms with Gasteiger partial charge in [-0.3, -0.25) is 4.79 Å². The molecule has 1 aliphatic heterocycles. The predicted octanol–water partition coefficient (Wildman–Crippen LogP) is 0.584. The van der Waals surface area contributed by atoms with Crippen molar-refractivity contribution in [2.75, 3.05) is 20.2 Å². The summed E-state index contributed by atoms with van der Waals surface area (Å²) in [5.41, 5.74) is 8.03. The van der Waals surface area contributed by atoms with Crippen LogP contribution in [0, 0.1) is 5.92 Å². The number of carbonyl (C=O) groups is 1. The van der Waals surface area contributed by atoms with E-state index in [0.29, 0.717) is 6.54 Å². The molecule has 2 atom stereocenters. The summed E-state index contributed by atoms with van der Waals surface area (Å²) in [5, 5.41) is 3.32. The fourth-order valence-electron chi connectivity index (χ4n) is 3.53. The fourth-order valence-corrected chi connectivity index (χ4v) is 3.53. The van der Waals surface area contributed by atoms with Gasteiger partial charge >= 0.3 is 0 Å². The highest BCUT2D eigenvalue weighted by Gasteiger charge is 2.50. The fraction of sp³-hybridized carbons (Fsp3) is 0.500. The maximum Gasteiger partial charge on any atom is 0.222 e. The number of ether oxygens (including phenoxy) is 1. The molecule has 4 heteroatoms. The molecule has 1 aliphatic carbocycles. The number of nitrogens with two attached hydrogens (primary N) is 1. The number of hydrogen-bond acceptors (Lipinski definition) is 3. The maximum absolute atomic E-state index is 11.7. The molecule has 0 aromatic heterocycles. The van der Waals surface area contributed by atoms with E-state index in [1.807, 2.05) is 6.07 Å². The van der Waals surface area contributed by atoms with E-state index < -0.39 is 0 Å². The molecule has 3 N–H and O–H groups in total. The molecular formula is C14H18N2O2. The van der Waals surface area contributed by atoms with E-state index >= 15 is 0 Å². The molecule has 18 heavy (non-hydrogen) atoms. The van der Waals surface area contributed by atoms with Crippen LogP contribution in [0.1, 0.15) is 17.5 Å². The molecule has 1 saturated heterocycles. The number of rotatable bonds is 2. The summed E-state index contributed by atoms with van der Waals surface area (Å²) < 4.78 is 5.30. The van der Waals surface area contributed by atoms with Gasteiger partial charge in [-0.1, -0.05) is 6.07 Å². The molecule has 1 aromatic rings. The van der Waals surface area contributed by atoms with Crippen molar-refractivity contribution >= 4 is 5.91 Å². The smallest absolute Gasteiger partial charge is 0.222 e. The molecule has 1 heterocycles.